The highest BCUT2D eigenvalue weighted by Crippen LogP contribution is 2.18. The Bertz CT molecular complexity index is 473. The number of nitrogens with two attached hydrogens (primary N) is 1. The van der Waals surface area contributed by atoms with Crippen LogP contribution in [0, 0.1) is 17.2 Å². The number of nitrogens with zero attached hydrogens (tertiary/aromatic N) is 2. The average molecular weight is 273 g/mol. The largest absolute Gasteiger partial charge is 0.328 e. The van der Waals surface area contributed by atoms with Crippen molar-refractivity contribution in [2.24, 2.45) is 11.7 Å². The highest BCUT2D eigenvalue weighted by atomic mass is 16.2. The normalized spacial score (nSPS) is 13.3. The summed E-state index contributed by atoms with van der Waals surface area (Å²) in [5.74, 6) is 0.0776. The molecule has 0 saturated carbocycles. The second kappa shape index (κ2) is 7.66. The van der Waals surface area contributed by atoms with E-state index in [9.17, 15) is 4.79 Å². The van der Waals surface area contributed by atoms with Gasteiger partial charge in [0.2, 0.25) is 5.91 Å². The molecule has 2 unspecified atom stereocenters. The topological polar surface area (TPSA) is 70.1 Å². The van der Waals surface area contributed by atoms with E-state index < -0.39 is 0 Å². The summed E-state index contributed by atoms with van der Waals surface area (Å²) >= 11 is 0. The fourth-order valence-corrected chi connectivity index (χ4v) is 2.09. The Kier molecular flexibility index (Phi) is 6.20. The maximum Gasteiger partial charge on any atom is 0.229 e. The summed E-state index contributed by atoms with van der Waals surface area (Å²) in [5.41, 5.74) is 7.12. The van der Waals surface area contributed by atoms with Crippen LogP contribution >= 0.6 is 0 Å². The van der Waals surface area contributed by atoms with Crippen LogP contribution in [-0.4, -0.2) is 19.0 Å². The van der Waals surface area contributed by atoms with E-state index in [-0.39, 0.29) is 17.9 Å². The van der Waals surface area contributed by atoms with Crippen LogP contribution in [0.5, 0.6) is 0 Å². The van der Waals surface area contributed by atoms with Crippen molar-refractivity contribution < 1.29 is 4.79 Å². The number of benzene rings is 1. The Hall–Kier alpha value is -1.86. The first-order valence-corrected chi connectivity index (χ1v) is 6.99. The number of hydrogen-bond donors (Lipinski definition) is 1. The molecule has 0 fully saturated rings. The van der Waals surface area contributed by atoms with Crippen molar-refractivity contribution in [3.8, 4) is 6.07 Å². The predicted molar refractivity (Wildman–Crippen MR) is 81.2 cm³/mol. The second-order valence-electron chi connectivity index (χ2n) is 5.37. The molecule has 0 radical (unpaired) electrons. The van der Waals surface area contributed by atoms with Crippen molar-refractivity contribution in [2.75, 3.05) is 11.9 Å². The molecule has 1 aromatic rings. The fourth-order valence-electron chi connectivity index (χ4n) is 2.09. The molecule has 2 N–H and O–H groups in total. The Morgan fingerprint density at radius 3 is 2.40 bits per heavy atom. The van der Waals surface area contributed by atoms with Crippen molar-refractivity contribution in [1.29, 1.82) is 5.26 Å². The number of carbonyl (C=O) groups excluding carboxylic acids is 1. The summed E-state index contributed by atoms with van der Waals surface area (Å²) in [6, 6.07) is 9.29. The highest BCUT2D eigenvalue weighted by Gasteiger charge is 2.18. The lowest BCUT2D eigenvalue weighted by molar-refractivity contribution is -0.121. The van der Waals surface area contributed by atoms with Gasteiger partial charge < -0.3 is 10.6 Å². The number of rotatable bonds is 6. The molecule has 0 aliphatic rings. The van der Waals surface area contributed by atoms with Crippen LogP contribution < -0.4 is 10.6 Å². The van der Waals surface area contributed by atoms with Crippen molar-refractivity contribution >= 4 is 11.6 Å². The lowest BCUT2D eigenvalue weighted by Gasteiger charge is -2.21. The van der Waals surface area contributed by atoms with E-state index in [0.717, 1.165) is 24.9 Å². The molecule has 0 bridgehead atoms. The number of hydrogen-bond acceptors (Lipinski definition) is 3. The summed E-state index contributed by atoms with van der Waals surface area (Å²) in [5, 5.41) is 8.77. The minimum absolute atomic E-state index is 0.0191. The third-order valence-electron chi connectivity index (χ3n) is 3.43. The molecular weight excluding hydrogens is 250 g/mol. The van der Waals surface area contributed by atoms with E-state index in [1.807, 2.05) is 13.8 Å². The first-order chi connectivity index (χ1) is 9.45. The first-order valence-electron chi connectivity index (χ1n) is 6.99. The third kappa shape index (κ3) is 4.67. The molecule has 0 aromatic heterocycles. The SMILES string of the molecule is CC(N)CCCC(C)C(=O)N(C)c1ccc(C#N)cc1. The van der Waals surface area contributed by atoms with Crippen molar-refractivity contribution in [3.05, 3.63) is 29.8 Å². The maximum absolute atomic E-state index is 12.3. The summed E-state index contributed by atoms with van der Waals surface area (Å²) < 4.78 is 0. The molecule has 4 nitrogen and oxygen atoms in total. The van der Waals surface area contributed by atoms with E-state index in [2.05, 4.69) is 6.07 Å². The van der Waals surface area contributed by atoms with E-state index in [4.69, 9.17) is 11.0 Å². The first kappa shape index (κ1) is 16.2. The van der Waals surface area contributed by atoms with Crippen LogP contribution in [0.25, 0.3) is 0 Å². The van der Waals surface area contributed by atoms with Gasteiger partial charge in [-0.25, -0.2) is 0 Å². The summed E-state index contributed by atoms with van der Waals surface area (Å²) in [6.45, 7) is 3.93. The van der Waals surface area contributed by atoms with Gasteiger partial charge in [-0.15, -0.1) is 0 Å². The molecule has 2 atom stereocenters. The van der Waals surface area contributed by atoms with Crippen LogP contribution in [0.1, 0.15) is 38.7 Å². The van der Waals surface area contributed by atoms with Crippen molar-refractivity contribution in [2.45, 2.75) is 39.2 Å². The van der Waals surface area contributed by atoms with Gasteiger partial charge >= 0.3 is 0 Å². The number of amides is 1. The van der Waals surface area contributed by atoms with Gasteiger partial charge in [-0.2, -0.15) is 5.26 Å². The Morgan fingerprint density at radius 2 is 1.90 bits per heavy atom. The number of anilines is 1. The summed E-state index contributed by atoms with van der Waals surface area (Å²) in [4.78, 5) is 14.0. The zero-order valence-electron chi connectivity index (χ0n) is 12.5. The smallest absolute Gasteiger partial charge is 0.229 e. The maximum atomic E-state index is 12.3. The van der Waals surface area contributed by atoms with Gasteiger partial charge in [0, 0.05) is 24.7 Å². The summed E-state index contributed by atoms with van der Waals surface area (Å²) in [7, 11) is 1.77. The minimum Gasteiger partial charge on any atom is -0.328 e. The van der Waals surface area contributed by atoms with Gasteiger partial charge in [0.25, 0.3) is 0 Å². The lowest BCUT2D eigenvalue weighted by atomic mass is 10.0. The molecule has 108 valence electrons. The molecule has 0 spiro atoms. The standard InChI is InChI=1S/C16H23N3O/c1-12(5-4-6-13(2)18)16(20)19(3)15-9-7-14(11-17)8-10-15/h7-10,12-13H,4-6,18H2,1-3H3. The molecule has 1 rings (SSSR count). The lowest BCUT2D eigenvalue weighted by Crippen LogP contribution is -2.31. The van der Waals surface area contributed by atoms with Gasteiger partial charge in [-0.3, -0.25) is 4.79 Å². The molecule has 20 heavy (non-hydrogen) atoms. The van der Waals surface area contributed by atoms with E-state index in [1.165, 1.54) is 0 Å². The second-order valence-corrected chi connectivity index (χ2v) is 5.37. The average Bonchev–Trinajstić information content (AvgIpc) is 2.45. The van der Waals surface area contributed by atoms with E-state index in [0.29, 0.717) is 5.56 Å². The summed E-state index contributed by atoms with van der Waals surface area (Å²) in [6.07, 6.45) is 2.75. The zero-order chi connectivity index (χ0) is 15.1. The molecular formula is C16H23N3O. The van der Waals surface area contributed by atoms with Crippen LogP contribution in [0.4, 0.5) is 5.69 Å². The highest BCUT2D eigenvalue weighted by molar-refractivity contribution is 5.94. The van der Waals surface area contributed by atoms with Crippen LogP contribution in [0.3, 0.4) is 0 Å². The van der Waals surface area contributed by atoms with Gasteiger partial charge in [-0.05, 0) is 44.0 Å². The zero-order valence-corrected chi connectivity index (χ0v) is 12.5. The van der Waals surface area contributed by atoms with Crippen LogP contribution in [0.2, 0.25) is 0 Å². The number of nitriles is 1. The quantitative estimate of drug-likeness (QED) is 0.866. The van der Waals surface area contributed by atoms with Gasteiger partial charge in [-0.1, -0.05) is 13.3 Å². The van der Waals surface area contributed by atoms with Crippen LogP contribution in [0.15, 0.2) is 24.3 Å². The predicted octanol–water partition coefficient (Wildman–Crippen LogP) is 2.67. The minimum atomic E-state index is -0.0191. The van der Waals surface area contributed by atoms with Crippen molar-refractivity contribution in [3.63, 3.8) is 0 Å². The fraction of sp³-hybridized carbons (Fsp3) is 0.500. The van der Waals surface area contributed by atoms with Gasteiger partial charge in [0.15, 0.2) is 0 Å². The van der Waals surface area contributed by atoms with E-state index in [1.54, 1.807) is 36.2 Å². The van der Waals surface area contributed by atoms with Crippen LogP contribution in [-0.2, 0) is 4.79 Å². The Labute approximate surface area is 121 Å². The molecule has 0 saturated heterocycles. The number of carbonyl (C=O) groups is 1. The van der Waals surface area contributed by atoms with Crippen molar-refractivity contribution in [1.82, 2.24) is 0 Å². The Morgan fingerprint density at radius 1 is 1.30 bits per heavy atom. The molecule has 0 heterocycles. The molecule has 4 heteroatoms. The molecule has 0 aliphatic heterocycles. The third-order valence-corrected chi connectivity index (χ3v) is 3.43. The van der Waals surface area contributed by atoms with E-state index >= 15 is 0 Å². The van der Waals surface area contributed by atoms with Gasteiger partial charge in [0.1, 0.15) is 0 Å². The van der Waals surface area contributed by atoms with Gasteiger partial charge in [0.05, 0.1) is 11.6 Å². The molecule has 1 aromatic carbocycles. The Balaban J connectivity index is 2.58. The molecule has 0 aliphatic carbocycles. The monoisotopic (exact) mass is 273 g/mol. The molecule has 1 amide bonds.